The lowest BCUT2D eigenvalue weighted by Crippen LogP contribution is -2.20. The summed E-state index contributed by atoms with van der Waals surface area (Å²) < 4.78 is 1.44. The number of hydrogen-bond donors (Lipinski definition) is 0. The second kappa shape index (κ2) is 5.42. The number of benzene rings is 2. The Labute approximate surface area is 132 Å². The average molecular weight is 307 g/mol. The molecule has 1 aliphatic heterocycles. The normalized spacial score (nSPS) is 17.3. The standard InChI is InChI=1S/C17H13N3OS/c21-15-11-14(12-7-3-1-4-8-12)22-17-18-16(19-20(15)17)13-9-5-2-6-10-13/h1-10,14H,11H2/t14-/m1/s1. The number of carbonyl (C=O) groups excluding carboxylic acids is 1. The van der Waals surface area contributed by atoms with Gasteiger partial charge in [-0.2, -0.15) is 4.68 Å². The first-order valence-corrected chi connectivity index (χ1v) is 7.96. The molecule has 0 bridgehead atoms. The number of thioether (sulfide) groups is 1. The monoisotopic (exact) mass is 307 g/mol. The SMILES string of the molecule is O=C1C[C@H](c2ccccc2)Sc2nc(-c3ccccc3)nn21. The van der Waals surface area contributed by atoms with E-state index in [1.807, 2.05) is 48.5 Å². The van der Waals surface area contributed by atoms with Gasteiger partial charge >= 0.3 is 0 Å². The molecule has 3 aromatic rings. The summed E-state index contributed by atoms with van der Waals surface area (Å²) in [7, 11) is 0. The molecule has 1 aromatic heterocycles. The van der Waals surface area contributed by atoms with Crippen LogP contribution in [0.3, 0.4) is 0 Å². The van der Waals surface area contributed by atoms with E-state index in [2.05, 4.69) is 22.2 Å². The Kier molecular flexibility index (Phi) is 3.27. The predicted octanol–water partition coefficient (Wildman–Crippen LogP) is 3.82. The molecular weight excluding hydrogens is 294 g/mol. The Bertz CT molecular complexity index is 814. The van der Waals surface area contributed by atoms with Crippen LogP contribution in [0.15, 0.2) is 65.8 Å². The van der Waals surface area contributed by atoms with Crippen LogP contribution in [-0.4, -0.2) is 20.7 Å². The zero-order chi connectivity index (χ0) is 14.9. The Morgan fingerprint density at radius 3 is 2.41 bits per heavy atom. The van der Waals surface area contributed by atoms with Crippen molar-refractivity contribution in [3.63, 3.8) is 0 Å². The smallest absolute Gasteiger partial charge is 0.250 e. The molecule has 0 N–H and O–H groups in total. The fourth-order valence-electron chi connectivity index (χ4n) is 2.51. The Morgan fingerprint density at radius 1 is 1.00 bits per heavy atom. The first-order chi connectivity index (χ1) is 10.8. The second-order valence-corrected chi connectivity index (χ2v) is 6.28. The summed E-state index contributed by atoms with van der Waals surface area (Å²) in [5.74, 6) is 0.599. The van der Waals surface area contributed by atoms with Gasteiger partial charge < -0.3 is 0 Å². The van der Waals surface area contributed by atoms with Crippen molar-refractivity contribution < 1.29 is 4.79 Å². The quantitative estimate of drug-likeness (QED) is 0.722. The zero-order valence-corrected chi connectivity index (χ0v) is 12.5. The summed E-state index contributed by atoms with van der Waals surface area (Å²) in [4.78, 5) is 16.9. The van der Waals surface area contributed by atoms with E-state index in [0.29, 0.717) is 17.4 Å². The fourth-order valence-corrected chi connectivity index (χ4v) is 3.67. The predicted molar refractivity (Wildman–Crippen MR) is 85.7 cm³/mol. The summed E-state index contributed by atoms with van der Waals surface area (Å²) in [5.41, 5.74) is 2.07. The number of hydrogen-bond acceptors (Lipinski definition) is 4. The molecule has 0 spiro atoms. The van der Waals surface area contributed by atoms with Gasteiger partial charge in [-0.05, 0) is 5.56 Å². The van der Waals surface area contributed by atoms with Crippen molar-refractivity contribution in [1.29, 1.82) is 0 Å². The lowest BCUT2D eigenvalue weighted by Gasteiger charge is -2.20. The van der Waals surface area contributed by atoms with Crippen molar-refractivity contribution in [2.75, 3.05) is 0 Å². The van der Waals surface area contributed by atoms with Crippen LogP contribution >= 0.6 is 11.8 Å². The van der Waals surface area contributed by atoms with Gasteiger partial charge in [-0.3, -0.25) is 4.79 Å². The molecule has 2 aromatic carbocycles. The largest absolute Gasteiger partial charge is 0.272 e. The van der Waals surface area contributed by atoms with Crippen LogP contribution in [0.25, 0.3) is 11.4 Å². The van der Waals surface area contributed by atoms with Crippen molar-refractivity contribution >= 4 is 17.7 Å². The van der Waals surface area contributed by atoms with E-state index in [1.54, 1.807) is 11.8 Å². The number of carbonyl (C=O) groups is 1. The molecule has 0 saturated heterocycles. The summed E-state index contributed by atoms with van der Waals surface area (Å²) >= 11 is 1.60. The van der Waals surface area contributed by atoms with E-state index in [4.69, 9.17) is 0 Å². The number of nitrogens with zero attached hydrogens (tertiary/aromatic N) is 3. The highest BCUT2D eigenvalue weighted by molar-refractivity contribution is 7.99. The van der Waals surface area contributed by atoms with Gasteiger partial charge in [0.2, 0.25) is 0 Å². The number of fused-ring (bicyclic) bond motifs is 1. The van der Waals surface area contributed by atoms with E-state index in [1.165, 1.54) is 4.68 Å². The van der Waals surface area contributed by atoms with Crippen molar-refractivity contribution in [1.82, 2.24) is 14.8 Å². The van der Waals surface area contributed by atoms with Crippen molar-refractivity contribution in [2.24, 2.45) is 0 Å². The summed E-state index contributed by atoms with van der Waals surface area (Å²) in [5, 5.41) is 5.14. The van der Waals surface area contributed by atoms with Gasteiger partial charge in [0.05, 0.1) is 0 Å². The van der Waals surface area contributed by atoms with Crippen LogP contribution in [0.2, 0.25) is 0 Å². The third-order valence-corrected chi connectivity index (χ3v) is 4.82. The molecule has 22 heavy (non-hydrogen) atoms. The van der Waals surface area contributed by atoms with Crippen molar-refractivity contribution in [3.8, 4) is 11.4 Å². The molecule has 0 saturated carbocycles. The lowest BCUT2D eigenvalue weighted by molar-refractivity contribution is 0.0868. The Hall–Kier alpha value is -2.40. The first kappa shape index (κ1) is 13.3. The molecule has 0 unspecified atom stereocenters. The third kappa shape index (κ3) is 2.33. The van der Waals surface area contributed by atoms with E-state index in [0.717, 1.165) is 11.1 Å². The second-order valence-electron chi connectivity index (χ2n) is 5.11. The van der Waals surface area contributed by atoms with Crippen molar-refractivity contribution in [2.45, 2.75) is 16.8 Å². The maximum Gasteiger partial charge on any atom is 0.250 e. The molecular formula is C17H13N3OS. The molecule has 0 aliphatic carbocycles. The minimum Gasteiger partial charge on any atom is -0.272 e. The summed E-state index contributed by atoms with van der Waals surface area (Å²) in [6.45, 7) is 0. The van der Waals surface area contributed by atoms with Gasteiger partial charge in [0, 0.05) is 17.2 Å². The van der Waals surface area contributed by atoms with Crippen LogP contribution in [0.5, 0.6) is 0 Å². The van der Waals surface area contributed by atoms with Crippen LogP contribution in [0, 0.1) is 0 Å². The molecule has 1 aliphatic rings. The molecule has 0 fully saturated rings. The van der Waals surface area contributed by atoms with Crippen LogP contribution in [0.1, 0.15) is 22.0 Å². The number of rotatable bonds is 2. The maximum atomic E-state index is 12.4. The highest BCUT2D eigenvalue weighted by Crippen LogP contribution is 2.41. The lowest BCUT2D eigenvalue weighted by atomic mass is 10.1. The summed E-state index contributed by atoms with van der Waals surface area (Å²) in [6, 6.07) is 19.8. The van der Waals surface area contributed by atoms with Gasteiger partial charge in [-0.25, -0.2) is 4.98 Å². The van der Waals surface area contributed by atoms with E-state index < -0.39 is 0 Å². The molecule has 4 rings (SSSR count). The van der Waals surface area contributed by atoms with Gasteiger partial charge in [0.25, 0.3) is 5.91 Å². The third-order valence-electron chi connectivity index (χ3n) is 3.62. The minimum atomic E-state index is -0.00251. The highest BCUT2D eigenvalue weighted by Gasteiger charge is 2.29. The average Bonchev–Trinajstić information content (AvgIpc) is 3.01. The Morgan fingerprint density at radius 2 is 1.68 bits per heavy atom. The van der Waals surface area contributed by atoms with Crippen LogP contribution in [-0.2, 0) is 0 Å². The van der Waals surface area contributed by atoms with E-state index >= 15 is 0 Å². The topological polar surface area (TPSA) is 47.8 Å². The molecule has 2 heterocycles. The van der Waals surface area contributed by atoms with Gasteiger partial charge in [0.1, 0.15) is 0 Å². The molecule has 1 atom stereocenters. The van der Waals surface area contributed by atoms with E-state index in [9.17, 15) is 4.79 Å². The summed E-state index contributed by atoms with van der Waals surface area (Å²) in [6.07, 6.45) is 0.444. The zero-order valence-electron chi connectivity index (χ0n) is 11.7. The minimum absolute atomic E-state index is 0.00251. The van der Waals surface area contributed by atoms with Gasteiger partial charge in [0.15, 0.2) is 11.0 Å². The van der Waals surface area contributed by atoms with Gasteiger partial charge in [-0.1, -0.05) is 72.4 Å². The fraction of sp³-hybridized carbons (Fsp3) is 0.118. The molecule has 0 radical (unpaired) electrons. The molecule has 0 amide bonds. The molecule has 108 valence electrons. The highest BCUT2D eigenvalue weighted by atomic mass is 32.2. The van der Waals surface area contributed by atoms with Crippen LogP contribution < -0.4 is 0 Å². The Balaban J connectivity index is 1.70. The van der Waals surface area contributed by atoms with Crippen LogP contribution in [0.4, 0.5) is 0 Å². The maximum absolute atomic E-state index is 12.4. The van der Waals surface area contributed by atoms with E-state index in [-0.39, 0.29) is 11.2 Å². The molecule has 5 heteroatoms. The molecule has 4 nitrogen and oxygen atoms in total. The van der Waals surface area contributed by atoms with Gasteiger partial charge in [-0.15, -0.1) is 5.10 Å². The van der Waals surface area contributed by atoms with Crippen molar-refractivity contribution in [3.05, 3.63) is 66.2 Å². The first-order valence-electron chi connectivity index (χ1n) is 7.08. The number of aromatic nitrogens is 3.